The molecule has 66 valence electrons. The minimum atomic E-state index is -1.31. The van der Waals surface area contributed by atoms with Gasteiger partial charge in [0.25, 0.3) is 0 Å². The van der Waals surface area contributed by atoms with Gasteiger partial charge in [-0.15, -0.1) is 25.3 Å². The van der Waals surface area contributed by atoms with Gasteiger partial charge in [-0.25, -0.2) is 4.79 Å². The van der Waals surface area contributed by atoms with E-state index in [1.165, 1.54) is 0 Å². The van der Waals surface area contributed by atoms with Gasteiger partial charge in [0.15, 0.2) is 4.08 Å². The van der Waals surface area contributed by atoms with E-state index in [0.717, 1.165) is 0 Å². The summed E-state index contributed by atoms with van der Waals surface area (Å²) in [6.07, 6.45) is 3.54. The standard InChI is InChI=1S/C7H9NO2S2/c9-6(10)7(11,12)5-8-3-1-2-4-8/h1-4,11-12H,5H2,(H,9,10). The van der Waals surface area contributed by atoms with E-state index in [1.807, 2.05) is 12.1 Å². The van der Waals surface area contributed by atoms with Crippen LogP contribution in [0.25, 0.3) is 0 Å². The second kappa shape index (κ2) is 3.45. The second-order valence-electron chi connectivity index (χ2n) is 2.48. The zero-order valence-electron chi connectivity index (χ0n) is 6.21. The van der Waals surface area contributed by atoms with Crippen LogP contribution < -0.4 is 0 Å². The summed E-state index contributed by atoms with van der Waals surface area (Å²) in [5.41, 5.74) is 0. The lowest BCUT2D eigenvalue weighted by Crippen LogP contribution is -2.30. The molecule has 0 aliphatic rings. The van der Waals surface area contributed by atoms with Crippen LogP contribution >= 0.6 is 25.3 Å². The summed E-state index contributed by atoms with van der Waals surface area (Å²) in [6, 6.07) is 3.64. The molecule has 5 heteroatoms. The number of carboxylic acid groups (broad SMARTS) is 1. The average Bonchev–Trinajstić information content (AvgIpc) is 2.38. The first-order chi connectivity index (χ1) is 5.52. The summed E-state index contributed by atoms with van der Waals surface area (Å²) in [5, 5.41) is 8.67. The van der Waals surface area contributed by atoms with Crippen molar-refractivity contribution in [2.45, 2.75) is 10.6 Å². The van der Waals surface area contributed by atoms with Crippen LogP contribution in [0, 0.1) is 0 Å². The number of aliphatic carboxylic acids is 1. The lowest BCUT2D eigenvalue weighted by Gasteiger charge is -2.17. The summed E-state index contributed by atoms with van der Waals surface area (Å²) in [6.45, 7) is 0.238. The Bertz CT molecular complexity index is 269. The highest BCUT2D eigenvalue weighted by Gasteiger charge is 2.29. The molecule has 0 saturated heterocycles. The second-order valence-corrected chi connectivity index (χ2v) is 4.36. The van der Waals surface area contributed by atoms with Gasteiger partial charge in [0.2, 0.25) is 0 Å². The number of nitrogens with zero attached hydrogens (tertiary/aromatic N) is 1. The highest BCUT2D eigenvalue weighted by Crippen LogP contribution is 2.22. The Morgan fingerprint density at radius 3 is 2.33 bits per heavy atom. The third kappa shape index (κ3) is 2.22. The SMILES string of the molecule is O=C(O)C(S)(S)Cn1cccc1. The molecule has 1 aromatic rings. The maximum absolute atomic E-state index is 10.6. The zero-order valence-corrected chi connectivity index (χ0v) is 8.00. The van der Waals surface area contributed by atoms with E-state index in [2.05, 4.69) is 25.3 Å². The summed E-state index contributed by atoms with van der Waals surface area (Å²) < 4.78 is 0.410. The number of hydrogen-bond acceptors (Lipinski definition) is 3. The van der Waals surface area contributed by atoms with Crippen molar-refractivity contribution in [1.29, 1.82) is 0 Å². The van der Waals surface area contributed by atoms with Crippen LogP contribution in [0.1, 0.15) is 0 Å². The van der Waals surface area contributed by atoms with E-state index < -0.39 is 10.0 Å². The molecular weight excluding hydrogens is 194 g/mol. The highest BCUT2D eigenvalue weighted by atomic mass is 32.2. The van der Waals surface area contributed by atoms with Crippen molar-refractivity contribution in [3.8, 4) is 0 Å². The Morgan fingerprint density at radius 1 is 1.42 bits per heavy atom. The smallest absolute Gasteiger partial charge is 0.331 e. The Balaban J connectivity index is 2.69. The predicted octanol–water partition coefficient (Wildman–Crippen LogP) is 1.13. The van der Waals surface area contributed by atoms with Gasteiger partial charge in [-0.3, -0.25) is 0 Å². The molecule has 0 unspecified atom stereocenters. The molecule has 0 bridgehead atoms. The van der Waals surface area contributed by atoms with Crippen LogP contribution in [0.3, 0.4) is 0 Å². The van der Waals surface area contributed by atoms with Crippen molar-refractivity contribution < 1.29 is 9.90 Å². The fourth-order valence-electron chi connectivity index (χ4n) is 0.798. The summed E-state index contributed by atoms with van der Waals surface area (Å²) in [4.78, 5) is 10.6. The Kier molecular flexibility index (Phi) is 2.74. The van der Waals surface area contributed by atoms with Gasteiger partial charge < -0.3 is 9.67 Å². The first-order valence-corrected chi connectivity index (χ1v) is 4.21. The molecule has 1 N–H and O–H groups in total. The third-order valence-electron chi connectivity index (χ3n) is 1.41. The van der Waals surface area contributed by atoms with Crippen molar-refractivity contribution in [1.82, 2.24) is 4.57 Å². The van der Waals surface area contributed by atoms with Crippen molar-refractivity contribution in [2.75, 3.05) is 0 Å². The number of aromatic nitrogens is 1. The molecule has 0 amide bonds. The summed E-state index contributed by atoms with van der Waals surface area (Å²) in [5.74, 6) is -1.04. The van der Waals surface area contributed by atoms with E-state index >= 15 is 0 Å². The van der Waals surface area contributed by atoms with Gasteiger partial charge in [0.1, 0.15) is 0 Å². The van der Waals surface area contributed by atoms with E-state index in [-0.39, 0.29) is 6.54 Å². The lowest BCUT2D eigenvalue weighted by atomic mass is 10.4. The van der Waals surface area contributed by atoms with E-state index in [4.69, 9.17) is 5.11 Å². The molecule has 0 aliphatic carbocycles. The predicted molar refractivity (Wildman–Crippen MR) is 52.8 cm³/mol. The van der Waals surface area contributed by atoms with Gasteiger partial charge in [-0.1, -0.05) is 0 Å². The van der Waals surface area contributed by atoms with Gasteiger partial charge in [-0.05, 0) is 12.1 Å². The maximum Gasteiger partial charge on any atom is 0.331 e. The highest BCUT2D eigenvalue weighted by molar-refractivity contribution is 8.01. The number of rotatable bonds is 3. The fraction of sp³-hybridized carbons (Fsp3) is 0.286. The quantitative estimate of drug-likeness (QED) is 0.509. The van der Waals surface area contributed by atoms with Crippen LogP contribution in [0.5, 0.6) is 0 Å². The Morgan fingerprint density at radius 2 is 1.92 bits per heavy atom. The number of carbonyl (C=O) groups is 1. The largest absolute Gasteiger partial charge is 0.480 e. The molecule has 0 radical (unpaired) electrons. The first kappa shape index (κ1) is 9.54. The molecule has 3 nitrogen and oxygen atoms in total. The topological polar surface area (TPSA) is 42.2 Å². The molecular formula is C7H9NO2S2. The minimum Gasteiger partial charge on any atom is -0.480 e. The van der Waals surface area contributed by atoms with Crippen LogP contribution in [0.4, 0.5) is 0 Å². The Labute approximate surface area is 81.2 Å². The van der Waals surface area contributed by atoms with Gasteiger partial charge in [0.05, 0.1) is 6.54 Å². The maximum atomic E-state index is 10.6. The molecule has 1 heterocycles. The van der Waals surface area contributed by atoms with Crippen LogP contribution in [0.15, 0.2) is 24.5 Å². The molecule has 12 heavy (non-hydrogen) atoms. The molecule has 0 fully saturated rings. The van der Waals surface area contributed by atoms with E-state index in [0.29, 0.717) is 0 Å². The minimum absolute atomic E-state index is 0.238. The first-order valence-electron chi connectivity index (χ1n) is 3.31. The van der Waals surface area contributed by atoms with Gasteiger partial charge in [-0.2, -0.15) is 0 Å². The Hall–Kier alpha value is -0.550. The van der Waals surface area contributed by atoms with Crippen molar-refractivity contribution in [3.05, 3.63) is 24.5 Å². The number of hydrogen-bond donors (Lipinski definition) is 3. The van der Waals surface area contributed by atoms with Crippen molar-refractivity contribution >= 4 is 31.2 Å². The summed E-state index contributed by atoms with van der Waals surface area (Å²) >= 11 is 7.82. The summed E-state index contributed by atoms with van der Waals surface area (Å²) in [7, 11) is 0. The van der Waals surface area contributed by atoms with E-state index in [9.17, 15) is 4.79 Å². The normalized spacial score (nSPS) is 11.5. The zero-order chi connectivity index (χ0) is 9.19. The van der Waals surface area contributed by atoms with Crippen LogP contribution in [0.2, 0.25) is 0 Å². The molecule has 0 spiro atoms. The van der Waals surface area contributed by atoms with Crippen molar-refractivity contribution in [2.24, 2.45) is 0 Å². The molecule has 1 aromatic heterocycles. The van der Waals surface area contributed by atoms with Crippen LogP contribution in [-0.4, -0.2) is 19.7 Å². The molecule has 1 rings (SSSR count). The molecule has 0 aliphatic heterocycles. The lowest BCUT2D eigenvalue weighted by molar-refractivity contribution is -0.137. The van der Waals surface area contributed by atoms with Crippen molar-refractivity contribution in [3.63, 3.8) is 0 Å². The molecule has 0 atom stereocenters. The molecule has 0 saturated carbocycles. The van der Waals surface area contributed by atoms with Crippen LogP contribution in [-0.2, 0) is 11.3 Å². The fourth-order valence-corrected chi connectivity index (χ4v) is 1.12. The van der Waals surface area contributed by atoms with E-state index in [1.54, 1.807) is 17.0 Å². The number of thiol groups is 2. The number of carboxylic acids is 1. The van der Waals surface area contributed by atoms with Gasteiger partial charge in [0, 0.05) is 12.4 Å². The average molecular weight is 203 g/mol. The third-order valence-corrected chi connectivity index (χ3v) is 2.08. The molecule has 0 aromatic carbocycles. The van der Waals surface area contributed by atoms with Gasteiger partial charge >= 0.3 is 5.97 Å². The monoisotopic (exact) mass is 203 g/mol.